The molecular weight excluding hydrogens is 552 g/mol. The molecule has 0 spiro atoms. The molecule has 1 amide bonds. The summed E-state index contributed by atoms with van der Waals surface area (Å²) in [5.74, 6) is 0.996. The quantitative estimate of drug-likeness (QED) is 0.279. The van der Waals surface area contributed by atoms with Gasteiger partial charge in [0.1, 0.15) is 6.61 Å². The van der Waals surface area contributed by atoms with Crippen molar-refractivity contribution in [2.45, 2.75) is 38.3 Å². The van der Waals surface area contributed by atoms with Gasteiger partial charge in [0.05, 0.1) is 0 Å². The van der Waals surface area contributed by atoms with E-state index in [1.165, 1.54) is 31.3 Å². The van der Waals surface area contributed by atoms with Gasteiger partial charge in [-0.05, 0) is 89.2 Å². The number of fused-ring (bicyclic) bond motifs is 1. The standard InChI is InChI=1S/C32H33BrN4O2/c33-30-25(12-9-23-5-1-2-6-28(23)30)21-39-29-19-26(20-35-31(29)34)22-7-10-24(11-8-22)32(38)37-17-13-27(14-18-37)36-15-3-4-16-36/h1-2,5-12,19-20,27H,3-4,13-18,21H2,(H2,34,35). The van der Waals surface area contributed by atoms with Gasteiger partial charge in [-0.1, -0.05) is 48.5 Å². The molecule has 39 heavy (non-hydrogen) atoms. The summed E-state index contributed by atoms with van der Waals surface area (Å²) in [6.07, 6.45) is 6.50. The van der Waals surface area contributed by atoms with Gasteiger partial charge in [0.25, 0.3) is 5.91 Å². The number of nitrogens with two attached hydrogens (primary N) is 1. The minimum atomic E-state index is 0.113. The molecule has 2 fully saturated rings. The van der Waals surface area contributed by atoms with Gasteiger partial charge in [0.15, 0.2) is 11.6 Å². The minimum absolute atomic E-state index is 0.113. The predicted molar refractivity (Wildman–Crippen MR) is 160 cm³/mol. The number of hydrogen-bond acceptors (Lipinski definition) is 5. The van der Waals surface area contributed by atoms with Crippen LogP contribution in [0.15, 0.2) is 77.4 Å². The number of hydrogen-bond donors (Lipinski definition) is 1. The van der Waals surface area contributed by atoms with Crippen LogP contribution in [0.5, 0.6) is 5.75 Å². The van der Waals surface area contributed by atoms with Gasteiger partial charge in [-0.25, -0.2) is 4.98 Å². The van der Waals surface area contributed by atoms with Crippen molar-refractivity contribution in [2.75, 3.05) is 31.9 Å². The zero-order valence-corrected chi connectivity index (χ0v) is 23.6. The van der Waals surface area contributed by atoms with Gasteiger partial charge in [-0.3, -0.25) is 4.79 Å². The molecule has 4 aromatic rings. The van der Waals surface area contributed by atoms with Gasteiger partial charge >= 0.3 is 0 Å². The molecule has 1 aromatic heterocycles. The van der Waals surface area contributed by atoms with Gasteiger partial charge in [0.2, 0.25) is 0 Å². The van der Waals surface area contributed by atoms with E-state index in [2.05, 4.69) is 50.1 Å². The highest BCUT2D eigenvalue weighted by molar-refractivity contribution is 9.10. The number of likely N-dealkylation sites (tertiary alicyclic amines) is 2. The molecule has 0 aliphatic carbocycles. The van der Waals surface area contributed by atoms with E-state index < -0.39 is 0 Å². The number of carbonyl (C=O) groups excluding carboxylic acids is 1. The van der Waals surface area contributed by atoms with Crippen molar-refractivity contribution in [1.29, 1.82) is 0 Å². The van der Waals surface area contributed by atoms with E-state index in [4.69, 9.17) is 10.5 Å². The Balaban J connectivity index is 1.11. The Hall–Kier alpha value is -3.42. The zero-order chi connectivity index (χ0) is 26.8. The number of halogens is 1. The Morgan fingerprint density at radius 1 is 0.949 bits per heavy atom. The van der Waals surface area contributed by atoms with Crippen LogP contribution in [-0.2, 0) is 6.61 Å². The Labute approximate surface area is 237 Å². The van der Waals surface area contributed by atoms with Gasteiger partial charge in [-0.2, -0.15) is 0 Å². The zero-order valence-electron chi connectivity index (χ0n) is 22.0. The molecule has 0 radical (unpaired) electrons. The average Bonchev–Trinajstić information content (AvgIpc) is 3.53. The molecule has 0 atom stereocenters. The number of piperidine rings is 1. The first kappa shape index (κ1) is 25.8. The predicted octanol–water partition coefficient (Wildman–Crippen LogP) is 6.53. The van der Waals surface area contributed by atoms with Crippen LogP contribution in [0.3, 0.4) is 0 Å². The molecule has 2 aliphatic rings. The number of anilines is 1. The third kappa shape index (κ3) is 5.52. The monoisotopic (exact) mass is 584 g/mol. The van der Waals surface area contributed by atoms with Crippen molar-refractivity contribution < 1.29 is 9.53 Å². The molecule has 2 saturated heterocycles. The average molecular weight is 586 g/mol. The number of aromatic nitrogens is 1. The van der Waals surface area contributed by atoms with Crippen molar-refractivity contribution in [1.82, 2.24) is 14.8 Å². The summed E-state index contributed by atoms with van der Waals surface area (Å²) in [5, 5.41) is 2.31. The topological polar surface area (TPSA) is 71.7 Å². The van der Waals surface area contributed by atoms with Crippen LogP contribution in [0.4, 0.5) is 5.82 Å². The smallest absolute Gasteiger partial charge is 0.253 e. The number of amides is 1. The number of rotatable bonds is 6. The third-order valence-electron chi connectivity index (χ3n) is 8.08. The maximum atomic E-state index is 13.2. The highest BCUT2D eigenvalue weighted by Gasteiger charge is 2.28. The first-order valence-corrected chi connectivity index (χ1v) is 14.5. The molecule has 0 bridgehead atoms. The summed E-state index contributed by atoms with van der Waals surface area (Å²) >= 11 is 3.73. The number of pyridine rings is 1. The summed E-state index contributed by atoms with van der Waals surface area (Å²) in [6, 6.07) is 22.7. The number of ether oxygens (including phenoxy) is 1. The maximum Gasteiger partial charge on any atom is 0.253 e. The van der Waals surface area contributed by atoms with E-state index in [9.17, 15) is 4.79 Å². The van der Waals surface area contributed by atoms with Crippen molar-refractivity contribution in [3.63, 3.8) is 0 Å². The van der Waals surface area contributed by atoms with E-state index in [1.807, 2.05) is 47.4 Å². The fourth-order valence-electron chi connectivity index (χ4n) is 5.80. The molecule has 7 heteroatoms. The second-order valence-corrected chi connectivity index (χ2v) is 11.3. The Morgan fingerprint density at radius 3 is 2.46 bits per heavy atom. The van der Waals surface area contributed by atoms with Gasteiger partial charge in [-0.15, -0.1) is 0 Å². The second-order valence-electron chi connectivity index (χ2n) is 10.5. The maximum absolute atomic E-state index is 13.2. The Kier molecular flexibility index (Phi) is 7.53. The largest absolute Gasteiger partial charge is 0.485 e. The van der Waals surface area contributed by atoms with Crippen molar-refractivity contribution in [3.05, 3.63) is 88.5 Å². The van der Waals surface area contributed by atoms with E-state index in [1.54, 1.807) is 6.20 Å². The van der Waals surface area contributed by atoms with Crippen LogP contribution in [0.2, 0.25) is 0 Å². The van der Waals surface area contributed by atoms with Crippen LogP contribution in [0.1, 0.15) is 41.6 Å². The van der Waals surface area contributed by atoms with Crippen molar-refractivity contribution in [3.8, 4) is 16.9 Å². The third-order valence-corrected chi connectivity index (χ3v) is 9.02. The Morgan fingerprint density at radius 2 is 1.69 bits per heavy atom. The highest BCUT2D eigenvalue weighted by Crippen LogP contribution is 2.31. The lowest BCUT2D eigenvalue weighted by Crippen LogP contribution is -2.45. The molecule has 6 nitrogen and oxygen atoms in total. The van der Waals surface area contributed by atoms with Gasteiger partial charge in [0, 0.05) is 46.5 Å². The number of nitrogens with zero attached hydrogens (tertiary/aromatic N) is 3. The molecule has 6 rings (SSSR count). The van der Waals surface area contributed by atoms with E-state index in [-0.39, 0.29) is 5.91 Å². The first-order valence-electron chi connectivity index (χ1n) is 13.7. The molecule has 0 unspecified atom stereocenters. The van der Waals surface area contributed by atoms with Crippen LogP contribution in [0, 0.1) is 0 Å². The summed E-state index contributed by atoms with van der Waals surface area (Å²) in [4.78, 5) is 22.1. The summed E-state index contributed by atoms with van der Waals surface area (Å²) in [5.41, 5.74) is 9.76. The summed E-state index contributed by atoms with van der Waals surface area (Å²) < 4.78 is 7.14. The van der Waals surface area contributed by atoms with E-state index in [0.717, 1.165) is 58.0 Å². The van der Waals surface area contributed by atoms with E-state index >= 15 is 0 Å². The van der Waals surface area contributed by atoms with Crippen LogP contribution >= 0.6 is 15.9 Å². The summed E-state index contributed by atoms with van der Waals surface area (Å²) in [6.45, 7) is 4.46. The normalized spacial score (nSPS) is 16.6. The molecule has 3 heterocycles. The number of benzene rings is 3. The van der Waals surface area contributed by atoms with Crippen molar-refractivity contribution in [2.24, 2.45) is 0 Å². The lowest BCUT2D eigenvalue weighted by molar-refractivity contribution is 0.0644. The fraction of sp³-hybridized carbons (Fsp3) is 0.312. The minimum Gasteiger partial charge on any atom is -0.485 e. The first-order chi connectivity index (χ1) is 19.1. The molecule has 2 N–H and O–H groups in total. The highest BCUT2D eigenvalue weighted by atomic mass is 79.9. The number of nitrogen functional groups attached to an aromatic ring is 1. The van der Waals surface area contributed by atoms with Crippen molar-refractivity contribution >= 4 is 38.4 Å². The molecule has 3 aromatic carbocycles. The van der Waals surface area contributed by atoms with Gasteiger partial charge < -0.3 is 20.3 Å². The van der Waals surface area contributed by atoms with Crippen LogP contribution in [0.25, 0.3) is 21.9 Å². The second kappa shape index (κ2) is 11.4. The fourth-order valence-corrected chi connectivity index (χ4v) is 6.41. The van der Waals surface area contributed by atoms with Crippen LogP contribution in [-0.4, -0.2) is 52.9 Å². The van der Waals surface area contributed by atoms with E-state index in [0.29, 0.717) is 24.2 Å². The lowest BCUT2D eigenvalue weighted by Gasteiger charge is -2.36. The molecule has 0 saturated carbocycles. The Bertz CT molecular complexity index is 1480. The van der Waals surface area contributed by atoms with Crippen LogP contribution < -0.4 is 10.5 Å². The lowest BCUT2D eigenvalue weighted by atomic mass is 10.0. The molecule has 2 aliphatic heterocycles. The molecular formula is C32H33BrN4O2. The number of carbonyl (C=O) groups is 1. The summed E-state index contributed by atoms with van der Waals surface area (Å²) in [7, 11) is 0. The SMILES string of the molecule is Nc1ncc(-c2ccc(C(=O)N3CCC(N4CCCC4)CC3)cc2)cc1OCc1ccc2ccccc2c1Br. The molecule has 200 valence electrons.